The number of H-pyrrole nitrogens is 1. The van der Waals surface area contributed by atoms with E-state index in [1.54, 1.807) is 7.11 Å². The maximum absolute atomic E-state index is 5.20. The molecule has 3 heterocycles. The van der Waals surface area contributed by atoms with Gasteiger partial charge in [-0.05, 0) is 19.5 Å². The lowest BCUT2D eigenvalue weighted by Crippen LogP contribution is -2.21. The number of likely N-dealkylation sites (N-methyl/N-ethyl adjacent to an activating group) is 1. The van der Waals surface area contributed by atoms with Gasteiger partial charge in [0.1, 0.15) is 0 Å². The molecule has 0 spiro atoms. The molecule has 1 aliphatic rings. The number of pyridine rings is 1. The lowest BCUT2D eigenvalue weighted by Gasteiger charge is -2.11. The van der Waals surface area contributed by atoms with E-state index in [1.165, 1.54) is 11.3 Å². The lowest BCUT2D eigenvalue weighted by molar-refractivity contribution is 0.352. The SMILES string of the molecule is COc1ccc2[nH]c3c(c2n1)CCN(C)CC3. The average Bonchev–Trinajstić information content (AvgIpc) is 2.60. The maximum Gasteiger partial charge on any atom is 0.213 e. The summed E-state index contributed by atoms with van der Waals surface area (Å²) < 4.78 is 5.20. The Morgan fingerprint density at radius 1 is 1.29 bits per heavy atom. The molecule has 17 heavy (non-hydrogen) atoms. The third-order valence-corrected chi connectivity index (χ3v) is 3.50. The largest absolute Gasteiger partial charge is 0.481 e. The van der Waals surface area contributed by atoms with Crippen LogP contribution < -0.4 is 4.74 Å². The van der Waals surface area contributed by atoms with Crippen molar-refractivity contribution in [2.75, 3.05) is 27.2 Å². The fourth-order valence-corrected chi connectivity index (χ4v) is 2.47. The first-order chi connectivity index (χ1) is 8.28. The van der Waals surface area contributed by atoms with E-state index >= 15 is 0 Å². The molecule has 2 aromatic heterocycles. The van der Waals surface area contributed by atoms with Crippen LogP contribution in [0.25, 0.3) is 11.0 Å². The summed E-state index contributed by atoms with van der Waals surface area (Å²) in [7, 11) is 3.83. The normalized spacial score (nSPS) is 16.8. The number of hydrogen-bond donors (Lipinski definition) is 1. The molecule has 3 rings (SSSR count). The fraction of sp³-hybridized carbons (Fsp3) is 0.462. The summed E-state index contributed by atoms with van der Waals surface area (Å²) in [6.45, 7) is 2.20. The van der Waals surface area contributed by atoms with E-state index in [-0.39, 0.29) is 0 Å². The van der Waals surface area contributed by atoms with Gasteiger partial charge >= 0.3 is 0 Å². The van der Waals surface area contributed by atoms with Crippen LogP contribution >= 0.6 is 0 Å². The zero-order valence-corrected chi connectivity index (χ0v) is 10.3. The zero-order chi connectivity index (χ0) is 11.8. The van der Waals surface area contributed by atoms with Crippen LogP contribution in [0.4, 0.5) is 0 Å². The van der Waals surface area contributed by atoms with Gasteiger partial charge in [-0.3, -0.25) is 0 Å². The molecule has 2 aromatic rings. The Bertz CT molecular complexity index is 547. The molecule has 0 bridgehead atoms. The van der Waals surface area contributed by atoms with Crippen LogP contribution in [0.2, 0.25) is 0 Å². The molecule has 0 aliphatic carbocycles. The summed E-state index contributed by atoms with van der Waals surface area (Å²) in [6, 6.07) is 3.96. The first-order valence-corrected chi connectivity index (χ1v) is 6.01. The van der Waals surface area contributed by atoms with Gasteiger partial charge in [-0.2, -0.15) is 0 Å². The number of fused-ring (bicyclic) bond motifs is 3. The van der Waals surface area contributed by atoms with Gasteiger partial charge in [0, 0.05) is 36.8 Å². The van der Waals surface area contributed by atoms with E-state index in [9.17, 15) is 0 Å². The van der Waals surface area contributed by atoms with E-state index < -0.39 is 0 Å². The van der Waals surface area contributed by atoms with Crippen molar-refractivity contribution >= 4 is 11.0 Å². The summed E-state index contributed by atoms with van der Waals surface area (Å²) >= 11 is 0. The van der Waals surface area contributed by atoms with Gasteiger partial charge in [0.15, 0.2) is 0 Å². The third kappa shape index (κ3) is 1.78. The molecular weight excluding hydrogens is 214 g/mol. The minimum atomic E-state index is 0.692. The van der Waals surface area contributed by atoms with E-state index in [1.807, 2.05) is 6.07 Å². The highest BCUT2D eigenvalue weighted by Crippen LogP contribution is 2.25. The maximum atomic E-state index is 5.20. The Morgan fingerprint density at radius 3 is 2.94 bits per heavy atom. The Kier molecular flexibility index (Phi) is 2.52. The number of methoxy groups -OCH3 is 1. The van der Waals surface area contributed by atoms with Gasteiger partial charge in [-0.15, -0.1) is 0 Å². The van der Waals surface area contributed by atoms with Gasteiger partial charge in [-0.1, -0.05) is 0 Å². The topological polar surface area (TPSA) is 41.1 Å². The molecule has 0 fully saturated rings. The number of aromatic amines is 1. The van der Waals surface area contributed by atoms with Crippen LogP contribution in [0.3, 0.4) is 0 Å². The van der Waals surface area contributed by atoms with Crippen LogP contribution in [-0.2, 0) is 12.8 Å². The summed E-state index contributed by atoms with van der Waals surface area (Å²) in [5.74, 6) is 0.692. The summed E-state index contributed by atoms with van der Waals surface area (Å²) in [5, 5.41) is 0. The fourth-order valence-electron chi connectivity index (χ4n) is 2.47. The van der Waals surface area contributed by atoms with Crippen molar-refractivity contribution in [3.05, 3.63) is 23.4 Å². The molecule has 0 aromatic carbocycles. The van der Waals surface area contributed by atoms with Crippen molar-refractivity contribution in [1.82, 2.24) is 14.9 Å². The average molecular weight is 231 g/mol. The molecule has 0 saturated carbocycles. The predicted octanol–water partition coefficient (Wildman–Crippen LogP) is 1.60. The molecule has 4 nitrogen and oxygen atoms in total. The van der Waals surface area contributed by atoms with Gasteiger partial charge in [0.2, 0.25) is 5.88 Å². The Balaban J connectivity index is 2.12. The molecule has 0 saturated heterocycles. The zero-order valence-electron chi connectivity index (χ0n) is 10.3. The van der Waals surface area contributed by atoms with E-state index in [0.29, 0.717) is 5.88 Å². The van der Waals surface area contributed by atoms with Crippen LogP contribution in [-0.4, -0.2) is 42.1 Å². The van der Waals surface area contributed by atoms with Gasteiger partial charge < -0.3 is 14.6 Å². The van der Waals surface area contributed by atoms with E-state index in [0.717, 1.165) is 37.0 Å². The van der Waals surface area contributed by atoms with Crippen molar-refractivity contribution in [2.24, 2.45) is 0 Å². The standard InChI is InChI=1S/C13H17N3O/c1-16-7-5-9-10(6-8-16)14-11-3-4-12(17-2)15-13(9)11/h3-4,14H,5-8H2,1-2H3. The van der Waals surface area contributed by atoms with E-state index in [4.69, 9.17) is 4.74 Å². The lowest BCUT2D eigenvalue weighted by atomic mass is 10.1. The Morgan fingerprint density at radius 2 is 2.12 bits per heavy atom. The molecule has 0 radical (unpaired) electrons. The van der Waals surface area contributed by atoms with Crippen LogP contribution in [0, 0.1) is 0 Å². The molecule has 0 atom stereocenters. The van der Waals surface area contributed by atoms with Crippen LogP contribution in [0.5, 0.6) is 5.88 Å². The minimum absolute atomic E-state index is 0.692. The number of rotatable bonds is 1. The number of nitrogens with zero attached hydrogens (tertiary/aromatic N) is 2. The molecule has 1 N–H and O–H groups in total. The molecule has 4 heteroatoms. The highest BCUT2D eigenvalue weighted by molar-refractivity contribution is 5.81. The molecule has 0 amide bonds. The first kappa shape index (κ1) is 10.6. The van der Waals surface area contributed by atoms with Gasteiger partial charge in [-0.25, -0.2) is 4.98 Å². The minimum Gasteiger partial charge on any atom is -0.481 e. The summed E-state index contributed by atoms with van der Waals surface area (Å²) in [6.07, 6.45) is 2.14. The predicted molar refractivity (Wildman–Crippen MR) is 67.6 cm³/mol. The highest BCUT2D eigenvalue weighted by atomic mass is 16.5. The molecule has 90 valence electrons. The second-order valence-corrected chi connectivity index (χ2v) is 4.64. The van der Waals surface area contributed by atoms with Crippen molar-refractivity contribution in [3.63, 3.8) is 0 Å². The van der Waals surface area contributed by atoms with Crippen molar-refractivity contribution in [2.45, 2.75) is 12.8 Å². The highest BCUT2D eigenvalue weighted by Gasteiger charge is 2.17. The number of ether oxygens (including phenoxy) is 1. The smallest absolute Gasteiger partial charge is 0.213 e. The second-order valence-electron chi connectivity index (χ2n) is 4.64. The van der Waals surface area contributed by atoms with Crippen LogP contribution in [0.15, 0.2) is 12.1 Å². The van der Waals surface area contributed by atoms with Crippen LogP contribution in [0.1, 0.15) is 11.3 Å². The molecule has 0 unspecified atom stereocenters. The van der Waals surface area contributed by atoms with Gasteiger partial charge in [0.25, 0.3) is 0 Å². The number of nitrogens with one attached hydrogen (secondary N) is 1. The van der Waals surface area contributed by atoms with Crippen molar-refractivity contribution < 1.29 is 4.74 Å². The Hall–Kier alpha value is -1.55. The quantitative estimate of drug-likeness (QED) is 0.810. The van der Waals surface area contributed by atoms with Crippen molar-refractivity contribution in [1.29, 1.82) is 0 Å². The van der Waals surface area contributed by atoms with Crippen molar-refractivity contribution in [3.8, 4) is 5.88 Å². The number of hydrogen-bond acceptors (Lipinski definition) is 3. The summed E-state index contributed by atoms with van der Waals surface area (Å²) in [4.78, 5) is 10.4. The monoisotopic (exact) mass is 231 g/mol. The van der Waals surface area contributed by atoms with Gasteiger partial charge in [0.05, 0.1) is 18.1 Å². The third-order valence-electron chi connectivity index (χ3n) is 3.50. The molecular formula is C13H17N3O. The molecule has 1 aliphatic heterocycles. The summed E-state index contributed by atoms with van der Waals surface area (Å²) in [5.41, 5.74) is 4.91. The van der Waals surface area contributed by atoms with E-state index in [2.05, 4.69) is 28.0 Å². The number of aromatic nitrogens is 2. The second kappa shape index (κ2) is 4.04. The first-order valence-electron chi connectivity index (χ1n) is 6.01. The Labute approximate surface area is 101 Å².